The number of aryl methyl sites for hydroxylation is 2. The highest BCUT2D eigenvalue weighted by molar-refractivity contribution is 7.12. The molecule has 0 radical (unpaired) electrons. The van der Waals surface area contributed by atoms with Crippen LogP contribution in [0.4, 0.5) is 5.69 Å². The lowest BCUT2D eigenvalue weighted by Gasteiger charge is -2.08. The van der Waals surface area contributed by atoms with Crippen LogP contribution in [0.1, 0.15) is 15.3 Å². The van der Waals surface area contributed by atoms with Gasteiger partial charge in [-0.2, -0.15) is 0 Å². The predicted molar refractivity (Wildman–Crippen MR) is 84.9 cm³/mol. The molecule has 0 bridgehead atoms. The maximum atomic E-state index is 5.54. The molecule has 0 aliphatic carbocycles. The molecule has 0 spiro atoms. The van der Waals surface area contributed by atoms with Crippen molar-refractivity contribution in [2.75, 3.05) is 25.6 Å². The summed E-state index contributed by atoms with van der Waals surface area (Å²) in [6.07, 6.45) is 0. The monoisotopic (exact) mass is 291 g/mol. The van der Waals surface area contributed by atoms with Crippen molar-refractivity contribution in [1.29, 1.82) is 0 Å². The molecule has 20 heavy (non-hydrogen) atoms. The summed E-state index contributed by atoms with van der Waals surface area (Å²) >= 11 is 1.85. The molecule has 1 heterocycles. The molecule has 108 valence electrons. The van der Waals surface area contributed by atoms with Gasteiger partial charge in [0, 0.05) is 29.1 Å². The Morgan fingerprint density at radius 2 is 1.85 bits per heavy atom. The fourth-order valence-electron chi connectivity index (χ4n) is 1.97. The normalized spacial score (nSPS) is 10.6. The van der Waals surface area contributed by atoms with Gasteiger partial charge < -0.3 is 14.8 Å². The molecule has 2 aromatic rings. The molecule has 4 heteroatoms. The number of methoxy groups -OCH3 is 1. The summed E-state index contributed by atoms with van der Waals surface area (Å²) < 4.78 is 10.5. The van der Waals surface area contributed by atoms with E-state index in [1.807, 2.05) is 35.6 Å². The molecule has 1 aromatic heterocycles. The van der Waals surface area contributed by atoms with E-state index in [0.29, 0.717) is 13.2 Å². The highest BCUT2D eigenvalue weighted by atomic mass is 32.1. The molecule has 0 atom stereocenters. The van der Waals surface area contributed by atoms with Crippen molar-refractivity contribution in [2.24, 2.45) is 0 Å². The number of ether oxygens (including phenoxy) is 2. The van der Waals surface area contributed by atoms with Crippen LogP contribution >= 0.6 is 11.3 Å². The van der Waals surface area contributed by atoms with Crippen molar-refractivity contribution < 1.29 is 9.47 Å². The lowest BCUT2D eigenvalue weighted by molar-refractivity contribution is 0.146. The lowest BCUT2D eigenvalue weighted by atomic mass is 10.2. The largest absolute Gasteiger partial charge is 0.491 e. The van der Waals surface area contributed by atoms with Crippen LogP contribution in [0.5, 0.6) is 5.75 Å². The fraction of sp³-hybridized carbons (Fsp3) is 0.375. The third kappa shape index (κ3) is 4.25. The van der Waals surface area contributed by atoms with Gasteiger partial charge in [0.05, 0.1) is 6.61 Å². The first-order chi connectivity index (χ1) is 9.69. The van der Waals surface area contributed by atoms with E-state index in [1.54, 1.807) is 7.11 Å². The van der Waals surface area contributed by atoms with Gasteiger partial charge in [-0.25, -0.2) is 0 Å². The van der Waals surface area contributed by atoms with Gasteiger partial charge >= 0.3 is 0 Å². The second-order valence-corrected chi connectivity index (χ2v) is 6.12. The van der Waals surface area contributed by atoms with Gasteiger partial charge in [-0.3, -0.25) is 0 Å². The summed E-state index contributed by atoms with van der Waals surface area (Å²) in [5.74, 6) is 0.871. The number of benzene rings is 1. The van der Waals surface area contributed by atoms with Gasteiger partial charge in [0.15, 0.2) is 0 Å². The van der Waals surface area contributed by atoms with E-state index >= 15 is 0 Å². The molecule has 3 nitrogen and oxygen atoms in total. The topological polar surface area (TPSA) is 30.5 Å². The van der Waals surface area contributed by atoms with Crippen LogP contribution in [-0.2, 0) is 11.3 Å². The van der Waals surface area contributed by atoms with Gasteiger partial charge in [-0.1, -0.05) is 0 Å². The Kier molecular flexibility index (Phi) is 5.44. The molecule has 0 fully saturated rings. The molecule has 0 saturated carbocycles. The Morgan fingerprint density at radius 3 is 2.45 bits per heavy atom. The molecular formula is C16H21NO2S. The summed E-state index contributed by atoms with van der Waals surface area (Å²) in [7, 11) is 1.67. The first-order valence-corrected chi connectivity index (χ1v) is 7.52. The van der Waals surface area contributed by atoms with Crippen LogP contribution < -0.4 is 10.1 Å². The maximum Gasteiger partial charge on any atom is 0.119 e. The second-order valence-electron chi connectivity index (χ2n) is 4.66. The van der Waals surface area contributed by atoms with E-state index in [2.05, 4.69) is 25.2 Å². The minimum Gasteiger partial charge on any atom is -0.491 e. The van der Waals surface area contributed by atoms with E-state index in [1.165, 1.54) is 15.3 Å². The van der Waals surface area contributed by atoms with Crippen LogP contribution in [-0.4, -0.2) is 20.3 Å². The smallest absolute Gasteiger partial charge is 0.119 e. The molecular weight excluding hydrogens is 270 g/mol. The van der Waals surface area contributed by atoms with Crippen LogP contribution in [0.25, 0.3) is 0 Å². The van der Waals surface area contributed by atoms with Gasteiger partial charge in [0.2, 0.25) is 0 Å². The van der Waals surface area contributed by atoms with Crippen LogP contribution in [0.15, 0.2) is 30.3 Å². The standard InChI is InChI=1S/C16H21NO2S/c1-12-10-14(13(2)20-12)11-17-15-4-6-16(7-5-15)19-9-8-18-3/h4-7,10,17H,8-9,11H2,1-3H3. The first kappa shape index (κ1) is 14.9. The van der Waals surface area contributed by atoms with Crippen molar-refractivity contribution in [3.8, 4) is 5.75 Å². The number of hydrogen-bond donors (Lipinski definition) is 1. The van der Waals surface area contributed by atoms with Gasteiger partial charge in [0.25, 0.3) is 0 Å². The quantitative estimate of drug-likeness (QED) is 0.782. The fourth-order valence-corrected chi connectivity index (χ4v) is 2.91. The number of thiophene rings is 1. The minimum absolute atomic E-state index is 0.580. The lowest BCUT2D eigenvalue weighted by Crippen LogP contribution is -2.04. The third-order valence-electron chi connectivity index (χ3n) is 3.04. The van der Waals surface area contributed by atoms with E-state index in [9.17, 15) is 0 Å². The number of rotatable bonds is 7. The summed E-state index contributed by atoms with van der Waals surface area (Å²) in [6.45, 7) is 6.36. The van der Waals surface area contributed by atoms with E-state index in [4.69, 9.17) is 9.47 Å². The van der Waals surface area contributed by atoms with Crippen molar-refractivity contribution in [2.45, 2.75) is 20.4 Å². The summed E-state index contributed by atoms with van der Waals surface area (Å²) in [5.41, 5.74) is 2.47. The minimum atomic E-state index is 0.580. The van der Waals surface area contributed by atoms with Crippen LogP contribution in [0.3, 0.4) is 0 Å². The van der Waals surface area contributed by atoms with Crippen molar-refractivity contribution in [3.05, 3.63) is 45.6 Å². The zero-order chi connectivity index (χ0) is 14.4. The average Bonchev–Trinajstić information content (AvgIpc) is 2.76. The number of anilines is 1. The maximum absolute atomic E-state index is 5.54. The SMILES string of the molecule is COCCOc1ccc(NCc2cc(C)sc2C)cc1. The Balaban J connectivity index is 1.86. The van der Waals surface area contributed by atoms with Crippen molar-refractivity contribution in [1.82, 2.24) is 0 Å². The Bertz CT molecular complexity index is 534. The predicted octanol–water partition coefficient (Wildman–Crippen LogP) is 4.00. The van der Waals surface area contributed by atoms with E-state index in [-0.39, 0.29) is 0 Å². The van der Waals surface area contributed by atoms with Crippen molar-refractivity contribution in [3.63, 3.8) is 0 Å². The van der Waals surface area contributed by atoms with E-state index in [0.717, 1.165) is 18.0 Å². The molecule has 0 unspecified atom stereocenters. The zero-order valence-electron chi connectivity index (χ0n) is 12.2. The Labute approximate surface area is 124 Å². The van der Waals surface area contributed by atoms with Gasteiger partial charge in [-0.15, -0.1) is 11.3 Å². The Hall–Kier alpha value is -1.52. The Morgan fingerprint density at radius 1 is 1.10 bits per heavy atom. The first-order valence-electron chi connectivity index (χ1n) is 6.70. The number of nitrogens with one attached hydrogen (secondary N) is 1. The van der Waals surface area contributed by atoms with Gasteiger partial charge in [-0.05, 0) is 49.7 Å². The molecule has 1 N–H and O–H groups in total. The number of hydrogen-bond acceptors (Lipinski definition) is 4. The average molecular weight is 291 g/mol. The molecule has 2 rings (SSSR count). The summed E-state index contributed by atoms with van der Waals surface area (Å²) in [4.78, 5) is 2.75. The third-order valence-corrected chi connectivity index (χ3v) is 4.05. The highest BCUT2D eigenvalue weighted by Gasteiger charge is 2.02. The molecule has 1 aromatic carbocycles. The molecule has 0 saturated heterocycles. The van der Waals surface area contributed by atoms with E-state index < -0.39 is 0 Å². The molecule has 0 aliphatic rings. The van der Waals surface area contributed by atoms with Crippen LogP contribution in [0, 0.1) is 13.8 Å². The highest BCUT2D eigenvalue weighted by Crippen LogP contribution is 2.22. The van der Waals surface area contributed by atoms with Crippen molar-refractivity contribution >= 4 is 17.0 Å². The van der Waals surface area contributed by atoms with Crippen LogP contribution in [0.2, 0.25) is 0 Å². The second kappa shape index (κ2) is 7.31. The summed E-state index contributed by atoms with van der Waals surface area (Å²) in [5, 5.41) is 3.44. The molecule has 0 aliphatic heterocycles. The van der Waals surface area contributed by atoms with Gasteiger partial charge in [0.1, 0.15) is 12.4 Å². The zero-order valence-corrected chi connectivity index (χ0v) is 13.0. The molecule has 0 amide bonds. The summed E-state index contributed by atoms with van der Waals surface area (Å²) in [6, 6.07) is 10.3.